The van der Waals surface area contributed by atoms with Gasteiger partial charge in [0.1, 0.15) is 5.82 Å². The average molecular weight is 272 g/mol. The molecule has 0 aliphatic rings. The number of H-pyrrole nitrogens is 1. The maximum atomic E-state index is 12.0. The highest BCUT2D eigenvalue weighted by atomic mass is 16.1. The standard InChI is InChI=1S/C15H20N4O/c1-10(14-11(2)18-12(3)19-15(14)20)16-9-7-13-6-4-5-8-17-13/h4-6,8,10,16H,7,9H2,1-3H3,(H,18,19,20). The first-order valence-corrected chi connectivity index (χ1v) is 6.78. The van der Waals surface area contributed by atoms with E-state index in [2.05, 4.69) is 20.3 Å². The van der Waals surface area contributed by atoms with Gasteiger partial charge in [0, 0.05) is 36.6 Å². The Morgan fingerprint density at radius 3 is 2.80 bits per heavy atom. The lowest BCUT2D eigenvalue weighted by atomic mass is 10.1. The maximum Gasteiger partial charge on any atom is 0.255 e. The van der Waals surface area contributed by atoms with Gasteiger partial charge < -0.3 is 10.3 Å². The van der Waals surface area contributed by atoms with Gasteiger partial charge in [0.05, 0.1) is 5.56 Å². The number of rotatable bonds is 5. The third-order valence-corrected chi connectivity index (χ3v) is 3.26. The van der Waals surface area contributed by atoms with E-state index in [4.69, 9.17) is 0 Å². The molecule has 0 aliphatic carbocycles. The SMILES string of the molecule is Cc1nc(C)c(C(C)NCCc2ccccn2)c(=O)[nH]1. The molecule has 5 nitrogen and oxygen atoms in total. The summed E-state index contributed by atoms with van der Waals surface area (Å²) < 4.78 is 0. The van der Waals surface area contributed by atoms with Crippen molar-refractivity contribution >= 4 is 0 Å². The molecule has 0 spiro atoms. The van der Waals surface area contributed by atoms with Gasteiger partial charge in [-0.2, -0.15) is 0 Å². The summed E-state index contributed by atoms with van der Waals surface area (Å²) in [5.41, 5.74) is 2.47. The number of aryl methyl sites for hydroxylation is 2. The molecule has 0 fully saturated rings. The highest BCUT2D eigenvalue weighted by Gasteiger charge is 2.13. The Morgan fingerprint density at radius 2 is 2.15 bits per heavy atom. The van der Waals surface area contributed by atoms with E-state index in [0.29, 0.717) is 11.4 Å². The van der Waals surface area contributed by atoms with E-state index >= 15 is 0 Å². The Hall–Kier alpha value is -2.01. The second kappa shape index (κ2) is 6.43. The minimum absolute atomic E-state index is 0.0319. The molecule has 106 valence electrons. The van der Waals surface area contributed by atoms with E-state index in [0.717, 1.165) is 24.4 Å². The maximum absolute atomic E-state index is 12.0. The first-order chi connectivity index (χ1) is 9.58. The van der Waals surface area contributed by atoms with Gasteiger partial charge in [-0.3, -0.25) is 9.78 Å². The zero-order valence-electron chi connectivity index (χ0n) is 12.1. The Morgan fingerprint density at radius 1 is 1.35 bits per heavy atom. The van der Waals surface area contributed by atoms with Crippen LogP contribution in [-0.2, 0) is 6.42 Å². The van der Waals surface area contributed by atoms with Crippen molar-refractivity contribution in [1.82, 2.24) is 20.3 Å². The predicted molar refractivity (Wildman–Crippen MR) is 78.7 cm³/mol. The van der Waals surface area contributed by atoms with Gasteiger partial charge in [0.15, 0.2) is 0 Å². The van der Waals surface area contributed by atoms with E-state index in [1.54, 1.807) is 13.1 Å². The molecule has 2 rings (SSSR count). The lowest BCUT2D eigenvalue weighted by Crippen LogP contribution is -2.29. The fraction of sp³-hybridized carbons (Fsp3) is 0.400. The Bertz CT molecular complexity index is 622. The molecule has 2 aromatic heterocycles. The summed E-state index contributed by atoms with van der Waals surface area (Å²) in [6, 6.07) is 5.85. The molecule has 0 saturated heterocycles. The summed E-state index contributed by atoms with van der Waals surface area (Å²) in [5, 5.41) is 3.35. The number of aromatic nitrogens is 3. The van der Waals surface area contributed by atoms with Gasteiger partial charge in [0.25, 0.3) is 5.56 Å². The summed E-state index contributed by atoms with van der Waals surface area (Å²) in [4.78, 5) is 23.3. The molecule has 0 aliphatic heterocycles. The molecule has 20 heavy (non-hydrogen) atoms. The minimum Gasteiger partial charge on any atom is -0.310 e. The molecule has 1 atom stereocenters. The predicted octanol–water partition coefficient (Wildman–Crippen LogP) is 1.68. The van der Waals surface area contributed by atoms with Crippen molar-refractivity contribution in [2.45, 2.75) is 33.2 Å². The quantitative estimate of drug-likeness (QED) is 0.868. The van der Waals surface area contributed by atoms with Crippen LogP contribution in [0.2, 0.25) is 0 Å². The molecular formula is C15H20N4O. The third-order valence-electron chi connectivity index (χ3n) is 3.26. The van der Waals surface area contributed by atoms with Crippen LogP contribution >= 0.6 is 0 Å². The monoisotopic (exact) mass is 272 g/mol. The molecule has 5 heteroatoms. The summed E-state index contributed by atoms with van der Waals surface area (Å²) in [6.45, 7) is 6.41. The van der Waals surface area contributed by atoms with Gasteiger partial charge in [-0.25, -0.2) is 4.98 Å². The highest BCUT2D eigenvalue weighted by molar-refractivity contribution is 5.20. The van der Waals surface area contributed by atoms with Crippen molar-refractivity contribution in [2.24, 2.45) is 0 Å². The Balaban J connectivity index is 1.99. The smallest absolute Gasteiger partial charge is 0.255 e. The van der Waals surface area contributed by atoms with Gasteiger partial charge in [-0.1, -0.05) is 6.07 Å². The van der Waals surface area contributed by atoms with Crippen molar-refractivity contribution in [3.8, 4) is 0 Å². The topological polar surface area (TPSA) is 70.7 Å². The highest BCUT2D eigenvalue weighted by Crippen LogP contribution is 2.10. The van der Waals surface area contributed by atoms with Crippen molar-refractivity contribution in [3.63, 3.8) is 0 Å². The summed E-state index contributed by atoms with van der Waals surface area (Å²) in [6.07, 6.45) is 2.62. The second-order valence-corrected chi connectivity index (χ2v) is 4.90. The molecule has 2 heterocycles. The minimum atomic E-state index is -0.0622. The number of nitrogens with one attached hydrogen (secondary N) is 2. The van der Waals surface area contributed by atoms with Crippen LogP contribution < -0.4 is 10.9 Å². The Kier molecular flexibility index (Phi) is 4.63. The van der Waals surface area contributed by atoms with Gasteiger partial charge in [-0.15, -0.1) is 0 Å². The van der Waals surface area contributed by atoms with E-state index in [1.165, 1.54) is 0 Å². The summed E-state index contributed by atoms with van der Waals surface area (Å²) in [7, 11) is 0. The molecule has 2 N–H and O–H groups in total. The molecule has 0 saturated carbocycles. The van der Waals surface area contributed by atoms with Gasteiger partial charge in [0.2, 0.25) is 0 Å². The molecule has 2 aromatic rings. The van der Waals surface area contributed by atoms with Crippen LogP contribution in [0.5, 0.6) is 0 Å². The average Bonchev–Trinajstić information content (AvgIpc) is 2.38. The molecule has 0 amide bonds. The number of nitrogens with zero attached hydrogens (tertiary/aromatic N) is 2. The van der Waals surface area contributed by atoms with E-state index in [1.807, 2.05) is 32.0 Å². The van der Waals surface area contributed by atoms with Crippen LogP contribution in [-0.4, -0.2) is 21.5 Å². The van der Waals surface area contributed by atoms with Crippen LogP contribution in [0.15, 0.2) is 29.2 Å². The lowest BCUT2D eigenvalue weighted by molar-refractivity contribution is 0.562. The van der Waals surface area contributed by atoms with Crippen LogP contribution in [0.4, 0.5) is 0 Å². The first-order valence-electron chi connectivity index (χ1n) is 6.78. The lowest BCUT2D eigenvalue weighted by Gasteiger charge is -2.15. The van der Waals surface area contributed by atoms with Crippen molar-refractivity contribution in [3.05, 3.63) is 57.5 Å². The number of pyridine rings is 1. The number of hydrogen-bond acceptors (Lipinski definition) is 4. The fourth-order valence-corrected chi connectivity index (χ4v) is 2.31. The zero-order chi connectivity index (χ0) is 14.5. The number of hydrogen-bond donors (Lipinski definition) is 2. The van der Waals surface area contributed by atoms with Crippen LogP contribution in [0.25, 0.3) is 0 Å². The van der Waals surface area contributed by atoms with Crippen molar-refractivity contribution < 1.29 is 0 Å². The van der Waals surface area contributed by atoms with Crippen LogP contribution in [0, 0.1) is 13.8 Å². The largest absolute Gasteiger partial charge is 0.310 e. The molecule has 1 unspecified atom stereocenters. The van der Waals surface area contributed by atoms with E-state index in [-0.39, 0.29) is 11.6 Å². The summed E-state index contributed by atoms with van der Waals surface area (Å²) in [5.74, 6) is 0.650. The van der Waals surface area contributed by atoms with Crippen molar-refractivity contribution in [1.29, 1.82) is 0 Å². The van der Waals surface area contributed by atoms with Crippen LogP contribution in [0.3, 0.4) is 0 Å². The van der Waals surface area contributed by atoms with Crippen LogP contribution in [0.1, 0.15) is 35.7 Å². The zero-order valence-corrected chi connectivity index (χ0v) is 12.1. The molecule has 0 aromatic carbocycles. The van der Waals surface area contributed by atoms with Gasteiger partial charge >= 0.3 is 0 Å². The normalized spacial score (nSPS) is 12.3. The van der Waals surface area contributed by atoms with E-state index in [9.17, 15) is 4.79 Å². The third kappa shape index (κ3) is 3.51. The van der Waals surface area contributed by atoms with E-state index < -0.39 is 0 Å². The second-order valence-electron chi connectivity index (χ2n) is 4.90. The molecular weight excluding hydrogens is 252 g/mol. The molecule has 0 radical (unpaired) electrons. The first kappa shape index (κ1) is 14.4. The van der Waals surface area contributed by atoms with Gasteiger partial charge in [-0.05, 0) is 32.9 Å². The molecule has 0 bridgehead atoms. The summed E-state index contributed by atoms with van der Waals surface area (Å²) >= 11 is 0. The van der Waals surface area contributed by atoms with Crippen molar-refractivity contribution in [2.75, 3.05) is 6.54 Å². The number of aromatic amines is 1. The Labute approximate surface area is 118 Å². The fourth-order valence-electron chi connectivity index (χ4n) is 2.31.